The van der Waals surface area contributed by atoms with Gasteiger partial charge in [-0.25, -0.2) is 8.42 Å². The van der Waals surface area contributed by atoms with Crippen LogP contribution in [0, 0.1) is 0 Å². The molecule has 4 N–H and O–H groups in total. The van der Waals surface area contributed by atoms with E-state index in [1.54, 1.807) is 0 Å². The van der Waals surface area contributed by atoms with Crippen LogP contribution in [-0.2, 0) is 19.6 Å². The molecule has 0 spiro atoms. The number of carboxylic acids is 2. The van der Waals surface area contributed by atoms with Crippen molar-refractivity contribution in [2.75, 3.05) is 20.2 Å². The van der Waals surface area contributed by atoms with E-state index >= 15 is 0 Å². The third-order valence-corrected chi connectivity index (χ3v) is 4.68. The van der Waals surface area contributed by atoms with Gasteiger partial charge in [0.05, 0.1) is 12.0 Å². The van der Waals surface area contributed by atoms with Crippen molar-refractivity contribution in [1.29, 1.82) is 0 Å². The summed E-state index contributed by atoms with van der Waals surface area (Å²) in [4.78, 5) is 21.7. The maximum Gasteiger partial charge on any atom is 0.323 e. The number of carbonyl (C=O) groups is 2. The second-order valence-electron chi connectivity index (χ2n) is 4.21. The number of carboxylic acid groups (broad SMARTS) is 2. The summed E-state index contributed by atoms with van der Waals surface area (Å²) >= 11 is 0. The quantitative estimate of drug-likeness (QED) is 0.559. The van der Waals surface area contributed by atoms with Crippen LogP contribution >= 0.6 is 0 Å². The lowest BCUT2D eigenvalue weighted by molar-refractivity contribution is -0.143. The molecule has 0 aliphatic heterocycles. The second-order valence-corrected chi connectivity index (χ2v) is 6.10. The molecule has 10 heteroatoms. The Labute approximate surface area is 127 Å². The molecule has 1 aromatic carbocycles. The van der Waals surface area contributed by atoms with Gasteiger partial charge in [-0.1, -0.05) is 0 Å². The van der Waals surface area contributed by atoms with E-state index in [2.05, 4.69) is 0 Å². The Kier molecular flexibility index (Phi) is 5.85. The van der Waals surface area contributed by atoms with Crippen LogP contribution in [0.4, 0.5) is 0 Å². The molecule has 0 aromatic heterocycles. The van der Waals surface area contributed by atoms with Crippen molar-refractivity contribution in [3.05, 3.63) is 24.3 Å². The highest BCUT2D eigenvalue weighted by Gasteiger charge is 2.36. The molecule has 9 nitrogen and oxygen atoms in total. The number of ether oxygens (including phenoxy) is 1. The van der Waals surface area contributed by atoms with Crippen LogP contribution in [0.25, 0.3) is 0 Å². The van der Waals surface area contributed by atoms with Crippen molar-refractivity contribution in [2.45, 2.75) is 10.9 Å². The molecular weight excluding hydrogens is 316 g/mol. The van der Waals surface area contributed by atoms with E-state index in [9.17, 15) is 18.0 Å². The van der Waals surface area contributed by atoms with E-state index in [1.807, 2.05) is 0 Å². The first-order valence-corrected chi connectivity index (χ1v) is 7.48. The third kappa shape index (κ3) is 3.93. The molecule has 1 unspecified atom stereocenters. The minimum Gasteiger partial charge on any atom is -0.497 e. The summed E-state index contributed by atoms with van der Waals surface area (Å²) in [6, 6.07) is 3.44. The molecule has 1 atom stereocenters. The summed E-state index contributed by atoms with van der Waals surface area (Å²) < 4.78 is 30.2. The first-order chi connectivity index (χ1) is 10.2. The van der Waals surface area contributed by atoms with Crippen LogP contribution in [0.5, 0.6) is 5.75 Å². The topological polar surface area (TPSA) is 147 Å². The van der Waals surface area contributed by atoms with Crippen LogP contribution in [0.3, 0.4) is 0 Å². The van der Waals surface area contributed by atoms with Gasteiger partial charge >= 0.3 is 11.9 Å². The molecule has 0 saturated carbocycles. The first-order valence-electron chi connectivity index (χ1n) is 6.04. The fourth-order valence-electron chi connectivity index (χ4n) is 1.72. The van der Waals surface area contributed by atoms with Gasteiger partial charge < -0.3 is 20.7 Å². The number of sulfonamides is 1. The van der Waals surface area contributed by atoms with Crippen LogP contribution < -0.4 is 10.5 Å². The van der Waals surface area contributed by atoms with Crippen LogP contribution in [0.1, 0.15) is 0 Å². The molecule has 0 radical (unpaired) electrons. The van der Waals surface area contributed by atoms with Gasteiger partial charge in [-0.2, -0.15) is 4.31 Å². The molecule has 0 amide bonds. The zero-order valence-corrected chi connectivity index (χ0v) is 12.5. The van der Waals surface area contributed by atoms with Gasteiger partial charge in [0.15, 0.2) is 0 Å². The van der Waals surface area contributed by atoms with E-state index in [0.29, 0.717) is 10.1 Å². The van der Waals surface area contributed by atoms with Gasteiger partial charge in [0, 0.05) is 6.54 Å². The van der Waals surface area contributed by atoms with Crippen molar-refractivity contribution in [2.24, 2.45) is 5.73 Å². The smallest absolute Gasteiger partial charge is 0.323 e. The predicted molar refractivity (Wildman–Crippen MR) is 75.0 cm³/mol. The molecule has 0 heterocycles. The maximum atomic E-state index is 12.5. The highest BCUT2D eigenvalue weighted by Crippen LogP contribution is 2.21. The van der Waals surface area contributed by atoms with Crippen LogP contribution in [0.15, 0.2) is 29.2 Å². The molecule has 0 aliphatic carbocycles. The van der Waals surface area contributed by atoms with Gasteiger partial charge in [-0.05, 0) is 24.3 Å². The monoisotopic (exact) mass is 332 g/mol. The predicted octanol–water partition coefficient (Wildman–Crippen LogP) is -0.818. The Morgan fingerprint density at radius 2 is 1.82 bits per heavy atom. The standard InChI is InChI=1S/C12H16N2O7S/c1-21-8-2-4-9(5-3-8)22(19,20)14(7-11(15)16)10(6-13)12(17)18/h2-5,10H,6-7,13H2,1H3,(H,15,16)(H,17,18). The molecule has 22 heavy (non-hydrogen) atoms. The Morgan fingerprint density at radius 3 is 2.18 bits per heavy atom. The zero-order valence-electron chi connectivity index (χ0n) is 11.7. The van der Waals surface area contributed by atoms with Crippen LogP contribution in [0.2, 0.25) is 0 Å². The molecule has 1 rings (SSSR count). The van der Waals surface area contributed by atoms with Gasteiger partial charge in [0.1, 0.15) is 18.3 Å². The Bertz CT molecular complexity index is 642. The van der Waals surface area contributed by atoms with Crippen molar-refractivity contribution < 1.29 is 33.0 Å². The zero-order chi connectivity index (χ0) is 16.9. The summed E-state index contributed by atoms with van der Waals surface area (Å²) in [5, 5.41) is 17.9. The van der Waals surface area contributed by atoms with Gasteiger partial charge in [0.25, 0.3) is 0 Å². The Hall–Kier alpha value is -2.17. The van der Waals surface area contributed by atoms with E-state index < -0.39 is 41.1 Å². The van der Waals surface area contributed by atoms with Crippen molar-refractivity contribution in [1.82, 2.24) is 4.31 Å². The Morgan fingerprint density at radius 1 is 1.27 bits per heavy atom. The molecule has 0 bridgehead atoms. The number of benzene rings is 1. The summed E-state index contributed by atoms with van der Waals surface area (Å²) in [5.74, 6) is -2.62. The summed E-state index contributed by atoms with van der Waals surface area (Å²) in [6.07, 6.45) is 0. The fourth-order valence-corrected chi connectivity index (χ4v) is 3.26. The SMILES string of the molecule is COc1ccc(S(=O)(=O)N(CC(=O)O)C(CN)C(=O)O)cc1. The van der Waals surface area contributed by atoms with Gasteiger partial charge in [-0.3, -0.25) is 9.59 Å². The van der Waals surface area contributed by atoms with E-state index in [-0.39, 0.29) is 4.90 Å². The number of nitrogens with two attached hydrogens (primary N) is 1. The molecule has 0 aliphatic rings. The molecule has 122 valence electrons. The lowest BCUT2D eigenvalue weighted by Crippen LogP contribution is -2.51. The molecular formula is C12H16N2O7S. The molecule has 0 fully saturated rings. The molecule has 1 aromatic rings. The number of hydrogen-bond acceptors (Lipinski definition) is 6. The lowest BCUT2D eigenvalue weighted by Gasteiger charge is -2.25. The third-order valence-electron chi connectivity index (χ3n) is 2.81. The maximum absolute atomic E-state index is 12.5. The average Bonchev–Trinajstić information content (AvgIpc) is 2.46. The van der Waals surface area contributed by atoms with Crippen molar-refractivity contribution in [3.63, 3.8) is 0 Å². The largest absolute Gasteiger partial charge is 0.497 e. The number of methoxy groups -OCH3 is 1. The number of aliphatic carboxylic acids is 2. The van der Waals surface area contributed by atoms with Gasteiger partial charge in [-0.15, -0.1) is 0 Å². The second kappa shape index (κ2) is 7.20. The highest BCUT2D eigenvalue weighted by atomic mass is 32.2. The number of rotatable bonds is 8. The first kappa shape index (κ1) is 17.9. The summed E-state index contributed by atoms with van der Waals surface area (Å²) in [5.41, 5.74) is 5.27. The minimum absolute atomic E-state index is 0.255. The highest BCUT2D eigenvalue weighted by molar-refractivity contribution is 7.89. The molecule has 0 saturated heterocycles. The van der Waals surface area contributed by atoms with Crippen molar-refractivity contribution in [3.8, 4) is 5.75 Å². The number of hydrogen-bond donors (Lipinski definition) is 3. The van der Waals surface area contributed by atoms with E-state index in [1.165, 1.54) is 31.4 Å². The minimum atomic E-state index is -4.34. The lowest BCUT2D eigenvalue weighted by atomic mass is 10.3. The van der Waals surface area contributed by atoms with Crippen molar-refractivity contribution >= 4 is 22.0 Å². The Balaban J connectivity index is 3.30. The summed E-state index contributed by atoms with van der Waals surface area (Å²) in [6.45, 7) is -1.57. The van der Waals surface area contributed by atoms with E-state index in [0.717, 1.165) is 0 Å². The van der Waals surface area contributed by atoms with Crippen LogP contribution in [-0.4, -0.2) is 61.1 Å². The van der Waals surface area contributed by atoms with Gasteiger partial charge in [0.2, 0.25) is 10.0 Å². The van der Waals surface area contributed by atoms with E-state index in [4.69, 9.17) is 20.7 Å². The average molecular weight is 332 g/mol. The summed E-state index contributed by atoms with van der Waals surface area (Å²) in [7, 11) is -2.94. The normalized spacial score (nSPS) is 12.9. The fraction of sp³-hybridized carbons (Fsp3) is 0.333. The number of nitrogens with zero attached hydrogens (tertiary/aromatic N) is 1.